The Morgan fingerprint density at radius 1 is 0.795 bits per heavy atom. The van der Waals surface area contributed by atoms with Crippen molar-refractivity contribution in [3.05, 3.63) is 96.6 Å². The van der Waals surface area contributed by atoms with E-state index in [2.05, 4.69) is 63.8 Å². The van der Waals surface area contributed by atoms with Crippen molar-refractivity contribution < 1.29 is 28.1 Å². The first-order valence-corrected chi connectivity index (χ1v) is 19.3. The van der Waals surface area contributed by atoms with Gasteiger partial charge in [0.05, 0.1) is 43.7 Å². The molecule has 5 rings (SSSR count). The van der Waals surface area contributed by atoms with Crippen LogP contribution in [0.2, 0.25) is 18.1 Å². The molecule has 2 aromatic carbocycles. The first-order valence-electron chi connectivity index (χ1n) is 16.8. The van der Waals surface area contributed by atoms with E-state index in [0.717, 1.165) is 55.1 Å². The Balaban J connectivity index is 1.30. The zero-order valence-corrected chi connectivity index (χ0v) is 27.9. The monoisotopic (exact) mass is 620 g/mol. The molecule has 0 N–H and O–H groups in total. The molecule has 8 atom stereocenters. The van der Waals surface area contributed by atoms with Crippen LogP contribution in [-0.4, -0.2) is 63.8 Å². The first kappa shape index (κ1) is 33.3. The zero-order chi connectivity index (χ0) is 30.8. The fraction of sp³-hybridized carbons (Fsp3) is 0.568. The summed E-state index contributed by atoms with van der Waals surface area (Å²) in [5.74, 6) is 0. The molecule has 6 nitrogen and oxygen atoms in total. The van der Waals surface area contributed by atoms with E-state index < -0.39 is 8.32 Å². The van der Waals surface area contributed by atoms with Crippen LogP contribution in [0.1, 0.15) is 57.6 Å². The minimum atomic E-state index is -1.62. The lowest BCUT2D eigenvalue weighted by Gasteiger charge is -2.51. The van der Waals surface area contributed by atoms with E-state index in [1.807, 2.05) is 42.5 Å². The van der Waals surface area contributed by atoms with Crippen molar-refractivity contribution in [1.82, 2.24) is 0 Å². The van der Waals surface area contributed by atoms with Crippen molar-refractivity contribution in [2.24, 2.45) is 0 Å². The summed E-state index contributed by atoms with van der Waals surface area (Å²) in [7, 11) is -1.62. The third kappa shape index (κ3) is 8.38. The third-order valence-corrected chi connectivity index (χ3v) is 14.4. The predicted molar refractivity (Wildman–Crippen MR) is 177 cm³/mol. The molecule has 3 aliphatic rings. The van der Waals surface area contributed by atoms with Crippen LogP contribution in [0.3, 0.4) is 0 Å². The largest absolute Gasteiger partial charge is 0.417 e. The molecule has 0 saturated carbocycles. The van der Waals surface area contributed by atoms with Gasteiger partial charge in [0.1, 0.15) is 18.3 Å². The molecule has 0 aliphatic carbocycles. The van der Waals surface area contributed by atoms with Crippen LogP contribution < -0.4 is 0 Å². The van der Waals surface area contributed by atoms with Crippen LogP contribution in [0.25, 0.3) is 0 Å². The Morgan fingerprint density at radius 2 is 1.43 bits per heavy atom. The van der Waals surface area contributed by atoms with Gasteiger partial charge in [-0.3, -0.25) is 0 Å². The molecular formula is C37H52O6Si. The number of benzene rings is 2. The Morgan fingerprint density at radius 3 is 2.05 bits per heavy atom. The Labute approximate surface area is 265 Å². The molecule has 3 heterocycles. The normalized spacial score (nSPS) is 30.2. The van der Waals surface area contributed by atoms with E-state index in [9.17, 15) is 0 Å². The van der Waals surface area contributed by atoms with E-state index >= 15 is 0 Å². The van der Waals surface area contributed by atoms with Gasteiger partial charge in [0.25, 0.3) is 0 Å². The minimum absolute atomic E-state index is 0.0158. The predicted octanol–water partition coefficient (Wildman–Crippen LogP) is 7.78. The smallest absolute Gasteiger partial charge is 0.191 e. The summed E-state index contributed by atoms with van der Waals surface area (Å²) in [4.78, 5) is 0. The number of hydrogen-bond donors (Lipinski definition) is 0. The quantitative estimate of drug-likeness (QED) is 0.150. The lowest BCUT2D eigenvalue weighted by atomic mass is 9.86. The highest BCUT2D eigenvalue weighted by molar-refractivity contribution is 6.73. The lowest BCUT2D eigenvalue weighted by molar-refractivity contribution is -0.302. The van der Waals surface area contributed by atoms with Gasteiger partial charge in [-0.2, -0.15) is 0 Å². The van der Waals surface area contributed by atoms with E-state index in [1.165, 1.54) is 0 Å². The molecule has 0 radical (unpaired) electrons. The summed E-state index contributed by atoms with van der Waals surface area (Å²) in [6.45, 7) is 12.6. The van der Waals surface area contributed by atoms with Crippen molar-refractivity contribution in [2.75, 3.05) is 6.61 Å². The third-order valence-electron chi connectivity index (χ3n) is 9.72. The molecule has 7 heteroatoms. The number of rotatable bonds is 15. The first-order chi connectivity index (χ1) is 21.6. The molecule has 0 spiro atoms. The van der Waals surface area contributed by atoms with E-state index in [-0.39, 0.29) is 48.8 Å². The van der Waals surface area contributed by atoms with Crippen molar-refractivity contribution in [1.29, 1.82) is 0 Å². The summed E-state index contributed by atoms with van der Waals surface area (Å²) < 4.78 is 40.3. The van der Waals surface area contributed by atoms with E-state index in [0.29, 0.717) is 19.6 Å². The lowest BCUT2D eigenvalue weighted by Crippen LogP contribution is -2.64. The number of fused-ring (bicyclic) bond motifs is 2. The molecule has 2 aromatic rings. The highest BCUT2D eigenvalue weighted by Crippen LogP contribution is 2.39. The Bertz CT molecular complexity index is 1150. The van der Waals surface area contributed by atoms with E-state index in [1.54, 1.807) is 0 Å². The summed E-state index contributed by atoms with van der Waals surface area (Å²) in [5.41, 5.74) is 2.24. The van der Waals surface area contributed by atoms with Gasteiger partial charge in [-0.05, 0) is 48.5 Å². The molecule has 2 fully saturated rings. The summed E-state index contributed by atoms with van der Waals surface area (Å²) in [5, 5.41) is 0. The van der Waals surface area contributed by atoms with Gasteiger partial charge in [-0.15, -0.1) is 6.58 Å². The van der Waals surface area contributed by atoms with Gasteiger partial charge in [0.15, 0.2) is 8.32 Å². The molecule has 44 heavy (non-hydrogen) atoms. The van der Waals surface area contributed by atoms with Crippen LogP contribution in [-0.2, 0) is 41.3 Å². The topological polar surface area (TPSA) is 55.4 Å². The SMILES string of the molecule is C=CC[C@@H]1O[C@@H]2C[C@@H]3O[C@H](CCO[Si](CC)(CC)CC)C=CC[C@H]3O[C@H]2[C@H](OCc2ccccc2)[C@H]1OCc1ccccc1. The highest BCUT2D eigenvalue weighted by Gasteiger charge is 2.52. The maximum absolute atomic E-state index is 6.89. The van der Waals surface area contributed by atoms with Gasteiger partial charge in [0, 0.05) is 13.0 Å². The second kappa shape index (κ2) is 16.5. The molecule has 0 aromatic heterocycles. The summed E-state index contributed by atoms with van der Waals surface area (Å²) in [6.07, 6.45) is 8.14. The van der Waals surface area contributed by atoms with Gasteiger partial charge in [-0.1, -0.05) is 99.7 Å². The average molecular weight is 621 g/mol. The van der Waals surface area contributed by atoms with Crippen LogP contribution >= 0.6 is 0 Å². The maximum atomic E-state index is 6.89. The Hall–Kier alpha value is -2.10. The molecule has 0 bridgehead atoms. The highest BCUT2D eigenvalue weighted by atomic mass is 28.4. The number of ether oxygens (including phenoxy) is 5. The zero-order valence-electron chi connectivity index (χ0n) is 26.9. The molecule has 2 saturated heterocycles. The van der Waals surface area contributed by atoms with E-state index in [4.69, 9.17) is 28.1 Å². The molecule has 0 unspecified atom stereocenters. The fourth-order valence-corrected chi connectivity index (χ4v) is 9.55. The molecular weight excluding hydrogens is 568 g/mol. The van der Waals surface area contributed by atoms with Gasteiger partial charge in [0.2, 0.25) is 0 Å². The average Bonchev–Trinajstić information content (AvgIpc) is 3.26. The van der Waals surface area contributed by atoms with Gasteiger partial charge in [-0.25, -0.2) is 0 Å². The van der Waals surface area contributed by atoms with Crippen LogP contribution in [0, 0.1) is 0 Å². The van der Waals surface area contributed by atoms with Gasteiger partial charge >= 0.3 is 0 Å². The maximum Gasteiger partial charge on any atom is 0.191 e. The number of hydrogen-bond acceptors (Lipinski definition) is 6. The van der Waals surface area contributed by atoms with Crippen LogP contribution in [0.5, 0.6) is 0 Å². The summed E-state index contributed by atoms with van der Waals surface area (Å²) in [6, 6.07) is 24.1. The second-order valence-electron chi connectivity index (χ2n) is 12.4. The Kier molecular flexibility index (Phi) is 12.4. The van der Waals surface area contributed by atoms with Crippen molar-refractivity contribution >= 4 is 8.32 Å². The standard InChI is InChI=1S/C37H52O6Si/c1-5-16-32-35(38-26-28-17-11-9-12-18-28)37(39-27-29-19-13-10-14-20-29)36-34(42-32)25-33-31(43-36)22-15-21-30(41-33)23-24-40-44(6-2,7-3)8-4/h5,9-15,17-21,30-37H,1,6-8,16,22-27H2,2-4H3/t30-,31+,32-,33-,34+,35-,36+,37+/m0/s1. The van der Waals surface area contributed by atoms with Crippen molar-refractivity contribution in [3.63, 3.8) is 0 Å². The summed E-state index contributed by atoms with van der Waals surface area (Å²) >= 11 is 0. The minimum Gasteiger partial charge on any atom is -0.417 e. The second-order valence-corrected chi connectivity index (χ2v) is 17.2. The molecule has 240 valence electrons. The van der Waals surface area contributed by atoms with Crippen LogP contribution in [0.15, 0.2) is 85.5 Å². The molecule has 3 aliphatic heterocycles. The van der Waals surface area contributed by atoms with Crippen molar-refractivity contribution in [3.8, 4) is 0 Å². The molecule has 0 amide bonds. The van der Waals surface area contributed by atoms with Crippen LogP contribution in [0.4, 0.5) is 0 Å². The van der Waals surface area contributed by atoms with Gasteiger partial charge < -0.3 is 28.1 Å². The fourth-order valence-electron chi connectivity index (χ4n) is 6.89. The van der Waals surface area contributed by atoms with Crippen molar-refractivity contribution in [2.45, 2.75) is 127 Å².